The Balaban J connectivity index is 2.12. The van der Waals surface area contributed by atoms with Crippen LogP contribution >= 0.6 is 11.6 Å². The highest BCUT2D eigenvalue weighted by atomic mass is 35.5. The van der Waals surface area contributed by atoms with Crippen molar-refractivity contribution >= 4 is 40.5 Å². The minimum atomic E-state index is -0.552. The zero-order valence-corrected chi connectivity index (χ0v) is 15.0. The summed E-state index contributed by atoms with van der Waals surface area (Å²) in [5.41, 5.74) is 2.38. The van der Waals surface area contributed by atoms with Crippen molar-refractivity contribution in [3.05, 3.63) is 64.8 Å². The Morgan fingerprint density at radius 1 is 1.12 bits per heavy atom. The molecule has 6 nitrogen and oxygen atoms in total. The molecule has 2 amide bonds. The number of hydrogen-bond donors (Lipinski definition) is 3. The lowest BCUT2D eigenvalue weighted by atomic mass is 10.2. The number of benzene rings is 2. The molecule has 3 N–H and O–H groups in total. The smallest absolute Gasteiger partial charge is 0.267 e. The van der Waals surface area contributed by atoms with Gasteiger partial charge < -0.3 is 16.0 Å². The third kappa shape index (κ3) is 5.10. The van der Waals surface area contributed by atoms with Gasteiger partial charge in [-0.3, -0.25) is 9.59 Å². The van der Waals surface area contributed by atoms with Crippen molar-refractivity contribution < 1.29 is 9.59 Å². The number of halogens is 1. The summed E-state index contributed by atoms with van der Waals surface area (Å²) in [7, 11) is 0. The Hall–Kier alpha value is -3.30. The fourth-order valence-electron chi connectivity index (χ4n) is 2.13. The molecule has 0 saturated carbocycles. The second-order valence-corrected chi connectivity index (χ2v) is 5.85. The van der Waals surface area contributed by atoms with E-state index >= 15 is 0 Å². The summed E-state index contributed by atoms with van der Waals surface area (Å²) in [6.07, 6.45) is 1.31. The van der Waals surface area contributed by atoms with Crippen molar-refractivity contribution in [1.82, 2.24) is 0 Å². The average Bonchev–Trinajstić information content (AvgIpc) is 2.59. The first kappa shape index (κ1) is 19.0. The van der Waals surface area contributed by atoms with Gasteiger partial charge in [-0.1, -0.05) is 23.7 Å². The summed E-state index contributed by atoms with van der Waals surface area (Å²) in [6.45, 7) is 3.19. The third-order valence-electron chi connectivity index (χ3n) is 3.45. The highest BCUT2D eigenvalue weighted by Crippen LogP contribution is 2.23. The Bertz CT molecular complexity index is 916. The molecule has 0 saturated heterocycles. The van der Waals surface area contributed by atoms with Gasteiger partial charge in [0, 0.05) is 35.2 Å². The summed E-state index contributed by atoms with van der Waals surface area (Å²) in [5, 5.41) is 18.0. The van der Waals surface area contributed by atoms with Gasteiger partial charge in [-0.25, -0.2) is 0 Å². The molecule has 0 spiro atoms. The molecule has 2 aromatic carbocycles. The maximum atomic E-state index is 12.3. The number of nitrogens with zero attached hydrogens (tertiary/aromatic N) is 1. The lowest BCUT2D eigenvalue weighted by Crippen LogP contribution is -2.15. The van der Waals surface area contributed by atoms with Gasteiger partial charge in [-0.2, -0.15) is 5.26 Å². The predicted molar refractivity (Wildman–Crippen MR) is 103 cm³/mol. The molecular formula is C19H17ClN4O2. The molecule has 0 aliphatic carbocycles. The molecule has 0 aromatic heterocycles. The van der Waals surface area contributed by atoms with Crippen molar-refractivity contribution in [2.75, 3.05) is 16.0 Å². The van der Waals surface area contributed by atoms with Gasteiger partial charge in [0.25, 0.3) is 5.91 Å². The van der Waals surface area contributed by atoms with Crippen molar-refractivity contribution in [2.45, 2.75) is 13.8 Å². The Morgan fingerprint density at radius 2 is 1.81 bits per heavy atom. The molecule has 26 heavy (non-hydrogen) atoms. The largest absolute Gasteiger partial charge is 0.360 e. The molecule has 0 radical (unpaired) electrons. The highest BCUT2D eigenvalue weighted by molar-refractivity contribution is 6.31. The van der Waals surface area contributed by atoms with E-state index in [4.69, 9.17) is 11.6 Å². The minimum absolute atomic E-state index is 0.102. The second kappa shape index (κ2) is 8.70. The standard InChI is InChI=1S/C19H17ClN4O2/c1-12-17(20)7-4-8-18(12)24-19(26)14(10-21)11-22-15-5-3-6-16(9-15)23-13(2)25/h3-9,11,22H,1-2H3,(H,23,25)(H,24,26)/b14-11-. The molecular weight excluding hydrogens is 352 g/mol. The topological polar surface area (TPSA) is 94.0 Å². The summed E-state index contributed by atoms with van der Waals surface area (Å²) in [4.78, 5) is 23.4. The quantitative estimate of drug-likeness (QED) is 0.547. The van der Waals surface area contributed by atoms with E-state index in [2.05, 4.69) is 16.0 Å². The van der Waals surface area contributed by atoms with E-state index in [1.54, 1.807) is 49.4 Å². The molecule has 0 atom stereocenters. The number of nitrogens with one attached hydrogen (secondary N) is 3. The first-order chi connectivity index (χ1) is 12.4. The van der Waals surface area contributed by atoms with Crippen molar-refractivity contribution in [3.8, 4) is 6.07 Å². The Labute approximate surface area is 156 Å². The number of carbonyl (C=O) groups excluding carboxylic acids is 2. The lowest BCUT2D eigenvalue weighted by molar-refractivity contribution is -0.114. The van der Waals surface area contributed by atoms with Crippen LogP contribution in [0.5, 0.6) is 0 Å². The van der Waals surface area contributed by atoms with Crippen LogP contribution < -0.4 is 16.0 Å². The number of hydrogen-bond acceptors (Lipinski definition) is 4. The van der Waals surface area contributed by atoms with E-state index in [9.17, 15) is 14.9 Å². The maximum Gasteiger partial charge on any atom is 0.267 e. The van der Waals surface area contributed by atoms with Crippen LogP contribution in [0.1, 0.15) is 12.5 Å². The van der Waals surface area contributed by atoms with Crippen LogP contribution in [-0.4, -0.2) is 11.8 Å². The Kier molecular flexibility index (Phi) is 6.36. The monoisotopic (exact) mass is 368 g/mol. The summed E-state index contributed by atoms with van der Waals surface area (Å²) < 4.78 is 0. The van der Waals surface area contributed by atoms with Gasteiger partial charge in [0.05, 0.1) is 0 Å². The molecule has 7 heteroatoms. The van der Waals surface area contributed by atoms with Gasteiger partial charge in [-0.15, -0.1) is 0 Å². The van der Waals surface area contributed by atoms with Crippen molar-refractivity contribution in [2.24, 2.45) is 0 Å². The van der Waals surface area contributed by atoms with Crippen LogP contribution in [0.2, 0.25) is 5.02 Å². The van der Waals surface area contributed by atoms with E-state index in [0.29, 0.717) is 22.1 Å². The fourth-order valence-corrected chi connectivity index (χ4v) is 2.30. The summed E-state index contributed by atoms with van der Waals surface area (Å²) in [5.74, 6) is -0.741. The van der Waals surface area contributed by atoms with E-state index in [1.165, 1.54) is 13.1 Å². The molecule has 0 fully saturated rings. The second-order valence-electron chi connectivity index (χ2n) is 5.44. The third-order valence-corrected chi connectivity index (χ3v) is 3.86. The minimum Gasteiger partial charge on any atom is -0.360 e. The molecule has 0 aliphatic heterocycles. The number of nitriles is 1. The predicted octanol–water partition coefficient (Wildman–Crippen LogP) is 4.06. The Morgan fingerprint density at radius 3 is 2.50 bits per heavy atom. The highest BCUT2D eigenvalue weighted by Gasteiger charge is 2.11. The van der Waals surface area contributed by atoms with Crippen LogP contribution in [0, 0.1) is 18.3 Å². The zero-order valence-electron chi connectivity index (χ0n) is 14.3. The van der Waals surface area contributed by atoms with Gasteiger partial charge in [0.15, 0.2) is 0 Å². The van der Waals surface area contributed by atoms with E-state index in [-0.39, 0.29) is 11.5 Å². The molecule has 0 unspecified atom stereocenters. The molecule has 0 bridgehead atoms. The van der Waals surface area contributed by atoms with Crippen LogP contribution in [0.4, 0.5) is 17.1 Å². The molecule has 2 rings (SSSR count). The molecule has 0 aliphatic rings. The van der Waals surface area contributed by atoms with Crippen molar-refractivity contribution in [3.63, 3.8) is 0 Å². The van der Waals surface area contributed by atoms with E-state index in [0.717, 1.165) is 5.56 Å². The normalized spacial score (nSPS) is 10.6. The lowest BCUT2D eigenvalue weighted by Gasteiger charge is -2.09. The average molecular weight is 369 g/mol. The van der Waals surface area contributed by atoms with Gasteiger partial charge in [0.1, 0.15) is 11.6 Å². The van der Waals surface area contributed by atoms with Crippen LogP contribution in [-0.2, 0) is 9.59 Å². The first-order valence-electron chi connectivity index (χ1n) is 7.71. The number of rotatable bonds is 5. The summed E-state index contributed by atoms with van der Waals surface area (Å²) >= 11 is 6.03. The van der Waals surface area contributed by atoms with Gasteiger partial charge >= 0.3 is 0 Å². The molecule has 2 aromatic rings. The molecule has 0 heterocycles. The van der Waals surface area contributed by atoms with Crippen LogP contribution in [0.15, 0.2) is 54.2 Å². The van der Waals surface area contributed by atoms with Crippen LogP contribution in [0.25, 0.3) is 0 Å². The van der Waals surface area contributed by atoms with Gasteiger partial charge in [-0.05, 0) is 42.8 Å². The first-order valence-corrected chi connectivity index (χ1v) is 8.09. The van der Waals surface area contributed by atoms with E-state index < -0.39 is 5.91 Å². The van der Waals surface area contributed by atoms with Crippen molar-refractivity contribution in [1.29, 1.82) is 5.26 Å². The fraction of sp³-hybridized carbons (Fsp3) is 0.105. The number of anilines is 3. The summed E-state index contributed by atoms with van der Waals surface area (Å²) in [6, 6.07) is 13.9. The number of carbonyl (C=O) groups is 2. The van der Waals surface area contributed by atoms with Crippen LogP contribution in [0.3, 0.4) is 0 Å². The SMILES string of the molecule is CC(=O)Nc1cccc(N/C=C(/C#N)C(=O)Nc2cccc(Cl)c2C)c1. The number of amides is 2. The van der Waals surface area contributed by atoms with Gasteiger partial charge in [0.2, 0.25) is 5.91 Å². The maximum absolute atomic E-state index is 12.3. The molecule has 132 valence electrons. The zero-order chi connectivity index (χ0) is 19.1. The van der Waals surface area contributed by atoms with E-state index in [1.807, 2.05) is 6.07 Å².